The number of nitrogens with two attached hydrogens (primary N) is 1. The smallest absolute Gasteiger partial charge is 0.323 e. The largest absolute Gasteiger partial charge is 0.504 e. The number of rotatable bonds is 7. The normalized spacial score (nSPS) is 31.4. The summed E-state index contributed by atoms with van der Waals surface area (Å²) in [4.78, 5) is 27.1. The van der Waals surface area contributed by atoms with Gasteiger partial charge in [-0.1, -0.05) is 0 Å². The van der Waals surface area contributed by atoms with Crippen LogP contribution in [0.1, 0.15) is 69.6 Å². The van der Waals surface area contributed by atoms with Gasteiger partial charge >= 0.3 is 5.97 Å². The maximum atomic E-state index is 13.1. The van der Waals surface area contributed by atoms with Gasteiger partial charge in [0.1, 0.15) is 17.7 Å². The zero-order valence-corrected chi connectivity index (χ0v) is 21.7. The molecule has 1 aromatic rings. The van der Waals surface area contributed by atoms with Gasteiger partial charge in [0.25, 0.3) is 0 Å². The number of phenols is 1. The van der Waals surface area contributed by atoms with Crippen molar-refractivity contribution in [2.24, 2.45) is 11.7 Å². The maximum absolute atomic E-state index is 13.1. The minimum absolute atomic E-state index is 0.0207. The molecule has 1 amide bonds. The minimum atomic E-state index is -0.700. The van der Waals surface area contributed by atoms with E-state index in [0.717, 1.165) is 43.4 Å². The third kappa shape index (κ3) is 3.96. The number of hydrogen-bond acceptors (Lipinski definition) is 8. The number of hydrogen-bond donors (Lipinski definition) is 4. The van der Waals surface area contributed by atoms with Crippen LogP contribution in [0.4, 0.5) is 0 Å². The molecule has 36 heavy (non-hydrogen) atoms. The van der Waals surface area contributed by atoms with Gasteiger partial charge in [-0.2, -0.15) is 0 Å². The fourth-order valence-corrected chi connectivity index (χ4v) is 7.35. The van der Waals surface area contributed by atoms with Gasteiger partial charge in [0.2, 0.25) is 5.91 Å². The quantitative estimate of drug-likeness (QED) is 0.413. The topological polar surface area (TPSA) is 134 Å². The lowest BCUT2D eigenvalue weighted by Crippen LogP contribution is -2.69. The summed E-state index contributed by atoms with van der Waals surface area (Å²) in [7, 11) is 2.17. The Labute approximate surface area is 212 Å². The summed E-state index contributed by atoms with van der Waals surface area (Å²) in [5, 5.41) is 24.4. The Morgan fingerprint density at radius 2 is 2.11 bits per heavy atom. The minimum Gasteiger partial charge on any atom is -0.504 e. The standard InChI is InChI=1S/C27H39N3O6/c1-26(2,3)36-25(34)18(7-8-20(28)32)29-17-6-5-16-19-12-14-11-15(13-31)22(33)23-21(14)27(16,24(17)35-23)9-10-30(19)4/h11,16-19,24,29,31,33H,5-10,12-13H2,1-4H3,(H2,28,32)/t16-,17?,18?,19+,24?,27-/m0/s1. The Balaban J connectivity index is 1.52. The molecular formula is C27H39N3O6. The van der Waals surface area contributed by atoms with E-state index < -0.39 is 23.5 Å². The van der Waals surface area contributed by atoms with Crippen molar-refractivity contribution in [1.82, 2.24) is 10.2 Å². The third-order valence-corrected chi connectivity index (χ3v) is 8.74. The number of likely N-dealkylation sites (N-methyl/N-ethyl adjacent to an activating group) is 1. The van der Waals surface area contributed by atoms with E-state index in [4.69, 9.17) is 15.2 Å². The Bertz CT molecular complexity index is 1070. The van der Waals surface area contributed by atoms with E-state index >= 15 is 0 Å². The van der Waals surface area contributed by atoms with Crippen molar-refractivity contribution in [1.29, 1.82) is 0 Å². The highest BCUT2D eigenvalue weighted by atomic mass is 16.6. The zero-order valence-electron chi connectivity index (χ0n) is 21.7. The molecule has 2 bridgehead atoms. The second-order valence-corrected chi connectivity index (χ2v) is 12.0. The number of carbonyl (C=O) groups excluding carboxylic acids is 2. The van der Waals surface area contributed by atoms with Crippen molar-refractivity contribution in [3.63, 3.8) is 0 Å². The molecule has 1 saturated carbocycles. The van der Waals surface area contributed by atoms with Gasteiger partial charge in [-0.25, -0.2) is 0 Å². The number of primary amides is 1. The van der Waals surface area contributed by atoms with Crippen LogP contribution in [0.2, 0.25) is 0 Å². The number of benzene rings is 1. The van der Waals surface area contributed by atoms with Crippen molar-refractivity contribution in [3.05, 3.63) is 22.8 Å². The van der Waals surface area contributed by atoms with Crippen molar-refractivity contribution in [2.45, 2.75) is 101 Å². The second kappa shape index (κ2) is 8.89. The zero-order chi connectivity index (χ0) is 26.0. The van der Waals surface area contributed by atoms with Crippen LogP contribution in [0.25, 0.3) is 0 Å². The molecule has 5 rings (SSSR count). The van der Waals surface area contributed by atoms with Crippen LogP contribution in [0, 0.1) is 5.92 Å². The van der Waals surface area contributed by atoms with Crippen molar-refractivity contribution < 1.29 is 29.3 Å². The lowest BCUT2D eigenvalue weighted by atomic mass is 9.51. The fraction of sp³-hybridized carbons (Fsp3) is 0.704. The molecule has 1 spiro atoms. The van der Waals surface area contributed by atoms with Gasteiger partial charge in [-0.05, 0) is 84.0 Å². The van der Waals surface area contributed by atoms with Crippen molar-refractivity contribution >= 4 is 11.9 Å². The highest BCUT2D eigenvalue weighted by Crippen LogP contribution is 2.64. The van der Waals surface area contributed by atoms with Crippen LogP contribution < -0.4 is 15.8 Å². The van der Waals surface area contributed by atoms with E-state index in [0.29, 0.717) is 23.3 Å². The van der Waals surface area contributed by atoms with Crippen LogP contribution >= 0.6 is 0 Å². The lowest BCUT2D eigenvalue weighted by Gasteiger charge is -2.59. The van der Waals surface area contributed by atoms with Gasteiger partial charge < -0.3 is 30.3 Å². The molecule has 1 aromatic carbocycles. The van der Waals surface area contributed by atoms with E-state index in [2.05, 4.69) is 17.3 Å². The predicted molar refractivity (Wildman–Crippen MR) is 133 cm³/mol. The molecule has 2 aliphatic heterocycles. The van der Waals surface area contributed by atoms with Crippen molar-refractivity contribution in [2.75, 3.05) is 13.6 Å². The highest BCUT2D eigenvalue weighted by Gasteiger charge is 2.65. The fourth-order valence-electron chi connectivity index (χ4n) is 7.35. The molecule has 2 aliphatic carbocycles. The van der Waals surface area contributed by atoms with Crippen molar-refractivity contribution in [3.8, 4) is 11.5 Å². The van der Waals surface area contributed by atoms with E-state index in [1.54, 1.807) is 0 Å². The summed E-state index contributed by atoms with van der Waals surface area (Å²) in [5.74, 6) is 0.0168. The molecule has 0 aromatic heterocycles. The average molecular weight is 502 g/mol. The summed E-state index contributed by atoms with van der Waals surface area (Å²) in [6.45, 7) is 6.13. The van der Waals surface area contributed by atoms with Gasteiger partial charge in [0.15, 0.2) is 11.5 Å². The Morgan fingerprint density at radius 1 is 1.36 bits per heavy atom. The summed E-state index contributed by atoms with van der Waals surface area (Å²) in [6.07, 6.45) is 3.56. The molecule has 4 aliphatic rings. The highest BCUT2D eigenvalue weighted by molar-refractivity contribution is 5.79. The van der Waals surface area contributed by atoms with Crippen LogP contribution in [0.15, 0.2) is 6.07 Å². The van der Waals surface area contributed by atoms with Gasteiger partial charge in [-0.15, -0.1) is 0 Å². The molecular weight excluding hydrogens is 462 g/mol. The number of aromatic hydroxyl groups is 1. The monoisotopic (exact) mass is 501 g/mol. The molecule has 0 radical (unpaired) electrons. The number of amides is 1. The first kappa shape index (κ1) is 25.3. The van der Waals surface area contributed by atoms with Crippen LogP contribution in [-0.2, 0) is 32.8 Å². The van der Waals surface area contributed by atoms with Crippen LogP contribution in [0.5, 0.6) is 11.5 Å². The van der Waals surface area contributed by atoms with E-state index in [9.17, 15) is 19.8 Å². The Hall–Kier alpha value is -2.36. The SMILES string of the molecule is CN1CC[C@]23c4c5cc(CO)c(O)c4OC2C(NC(CCC(N)=O)C(=O)OC(C)(C)C)CC[C@H]3[C@H]1C5. The number of likely N-dealkylation sites (tertiary alicyclic amines) is 1. The van der Waals surface area contributed by atoms with Gasteiger partial charge in [0.05, 0.1) is 6.61 Å². The molecule has 1 saturated heterocycles. The molecule has 9 heteroatoms. The molecule has 198 valence electrons. The van der Waals surface area contributed by atoms with Crippen LogP contribution in [0.3, 0.4) is 0 Å². The van der Waals surface area contributed by atoms with E-state index in [-0.39, 0.29) is 42.8 Å². The number of nitrogens with one attached hydrogen (secondary N) is 1. The number of esters is 1. The predicted octanol–water partition coefficient (Wildman–Crippen LogP) is 1.49. The summed E-state index contributed by atoms with van der Waals surface area (Å²) < 4.78 is 12.3. The number of aliphatic hydroxyl groups is 1. The van der Waals surface area contributed by atoms with E-state index in [1.165, 1.54) is 0 Å². The number of nitrogens with zero attached hydrogens (tertiary/aromatic N) is 1. The Morgan fingerprint density at radius 3 is 2.78 bits per heavy atom. The summed E-state index contributed by atoms with van der Waals surface area (Å²) in [6, 6.07) is 1.42. The number of carbonyl (C=O) groups is 2. The molecule has 5 N–H and O–H groups in total. The molecule has 6 atom stereocenters. The first-order valence-corrected chi connectivity index (χ1v) is 13.1. The van der Waals surface area contributed by atoms with E-state index in [1.807, 2.05) is 26.8 Å². The molecule has 2 heterocycles. The lowest BCUT2D eigenvalue weighted by molar-refractivity contribution is -0.158. The molecule has 2 fully saturated rings. The number of piperidine rings is 1. The number of aliphatic hydroxyl groups excluding tert-OH is 1. The van der Waals surface area contributed by atoms with Crippen LogP contribution in [-0.4, -0.2) is 70.4 Å². The maximum Gasteiger partial charge on any atom is 0.323 e. The first-order valence-electron chi connectivity index (χ1n) is 13.1. The molecule has 3 unspecified atom stereocenters. The average Bonchev–Trinajstić information content (AvgIpc) is 3.15. The summed E-state index contributed by atoms with van der Waals surface area (Å²) in [5.41, 5.74) is 7.19. The second-order valence-electron chi connectivity index (χ2n) is 12.0. The van der Waals surface area contributed by atoms with Gasteiger partial charge in [-0.3, -0.25) is 14.9 Å². The Kier molecular flexibility index (Phi) is 6.24. The third-order valence-electron chi connectivity index (χ3n) is 8.74. The van der Waals surface area contributed by atoms with Gasteiger partial charge in [0, 0.05) is 35.0 Å². The number of ether oxygens (including phenoxy) is 2. The first-order chi connectivity index (χ1) is 17.0. The summed E-state index contributed by atoms with van der Waals surface area (Å²) >= 11 is 0. The molecule has 9 nitrogen and oxygen atoms in total.